The van der Waals surface area contributed by atoms with Crippen molar-refractivity contribution >= 4 is 6.29 Å². The lowest BCUT2D eigenvalue weighted by atomic mass is 10.3. The summed E-state index contributed by atoms with van der Waals surface area (Å²) in [6.07, 6.45) is 3.93. The second kappa shape index (κ2) is 4.71. The van der Waals surface area contributed by atoms with E-state index in [0.717, 1.165) is 5.69 Å². The minimum Gasteiger partial charge on any atom is -0.377 e. The molecule has 6 heteroatoms. The maximum absolute atomic E-state index is 10.4. The van der Waals surface area contributed by atoms with Crippen LogP contribution < -0.4 is 0 Å². The van der Waals surface area contributed by atoms with E-state index in [1.54, 1.807) is 24.2 Å². The fourth-order valence-electron chi connectivity index (χ4n) is 1.35. The number of hydrogen-bond donors (Lipinski definition) is 0. The Labute approximate surface area is 91.8 Å². The minimum absolute atomic E-state index is 0.399. The fourth-order valence-corrected chi connectivity index (χ4v) is 1.35. The summed E-state index contributed by atoms with van der Waals surface area (Å²) in [5.74, 6) is 0.674. The summed E-state index contributed by atoms with van der Waals surface area (Å²) in [5.41, 5.74) is 1.17. The molecule has 0 aromatic carbocycles. The number of ether oxygens (including phenoxy) is 1. The number of aldehydes is 1. The zero-order valence-electron chi connectivity index (χ0n) is 8.79. The van der Waals surface area contributed by atoms with Crippen LogP contribution in [0.2, 0.25) is 0 Å². The van der Waals surface area contributed by atoms with Crippen molar-refractivity contribution in [2.75, 3.05) is 7.11 Å². The zero-order valence-corrected chi connectivity index (χ0v) is 8.79. The van der Waals surface area contributed by atoms with Crippen LogP contribution in [0.4, 0.5) is 0 Å². The van der Waals surface area contributed by atoms with Gasteiger partial charge in [-0.25, -0.2) is 4.98 Å². The van der Waals surface area contributed by atoms with Gasteiger partial charge in [-0.2, -0.15) is 0 Å². The molecule has 0 saturated heterocycles. The summed E-state index contributed by atoms with van der Waals surface area (Å²) in [4.78, 5) is 14.3. The van der Waals surface area contributed by atoms with Crippen molar-refractivity contribution in [1.82, 2.24) is 14.7 Å². The highest BCUT2D eigenvalue weighted by Crippen LogP contribution is 2.06. The van der Waals surface area contributed by atoms with Gasteiger partial charge in [0, 0.05) is 19.4 Å². The number of nitrogens with zero attached hydrogens (tertiary/aromatic N) is 3. The third-order valence-electron chi connectivity index (χ3n) is 2.01. The van der Waals surface area contributed by atoms with Crippen molar-refractivity contribution in [3.63, 3.8) is 0 Å². The van der Waals surface area contributed by atoms with Gasteiger partial charge in [0.15, 0.2) is 12.0 Å². The van der Waals surface area contributed by atoms with Gasteiger partial charge in [0.05, 0.1) is 12.9 Å². The van der Waals surface area contributed by atoms with Gasteiger partial charge < -0.3 is 13.8 Å². The molecule has 16 heavy (non-hydrogen) atoms. The molecule has 0 unspecified atom stereocenters. The van der Waals surface area contributed by atoms with Crippen LogP contribution in [-0.4, -0.2) is 28.1 Å². The van der Waals surface area contributed by atoms with Crippen molar-refractivity contribution in [2.24, 2.45) is 0 Å². The zero-order chi connectivity index (χ0) is 11.4. The number of hydrogen-bond acceptors (Lipinski definition) is 5. The smallest absolute Gasteiger partial charge is 0.169 e. The van der Waals surface area contributed by atoms with E-state index in [2.05, 4.69) is 10.1 Å². The molecule has 0 N–H and O–H groups in total. The molecule has 0 spiro atoms. The predicted molar refractivity (Wildman–Crippen MR) is 53.9 cm³/mol. The molecule has 2 heterocycles. The number of carbonyl (C=O) groups excluding carboxylic acids is 1. The number of rotatable bonds is 5. The maximum Gasteiger partial charge on any atom is 0.169 e. The number of carbonyl (C=O) groups is 1. The highest BCUT2D eigenvalue weighted by atomic mass is 16.5. The van der Waals surface area contributed by atoms with E-state index in [1.165, 1.54) is 0 Å². The first-order chi connectivity index (χ1) is 7.81. The average Bonchev–Trinajstić information content (AvgIpc) is 2.89. The van der Waals surface area contributed by atoms with Crippen molar-refractivity contribution in [3.05, 3.63) is 35.7 Å². The van der Waals surface area contributed by atoms with Gasteiger partial charge >= 0.3 is 0 Å². The van der Waals surface area contributed by atoms with Crippen molar-refractivity contribution in [2.45, 2.75) is 13.2 Å². The van der Waals surface area contributed by atoms with Gasteiger partial charge in [-0.3, -0.25) is 4.79 Å². The number of imidazole rings is 1. The molecule has 0 aliphatic rings. The SMILES string of the molecule is COCc1cc(Cn2cnc(C=O)c2)no1. The first-order valence-electron chi connectivity index (χ1n) is 4.72. The van der Waals surface area contributed by atoms with Gasteiger partial charge in [-0.15, -0.1) is 0 Å². The van der Waals surface area contributed by atoms with Gasteiger partial charge in [0.2, 0.25) is 0 Å². The number of aromatic nitrogens is 3. The molecule has 0 aliphatic carbocycles. The molecule has 2 aromatic rings. The highest BCUT2D eigenvalue weighted by Gasteiger charge is 2.05. The van der Waals surface area contributed by atoms with Gasteiger partial charge in [0.1, 0.15) is 18.0 Å². The van der Waals surface area contributed by atoms with Crippen LogP contribution >= 0.6 is 0 Å². The molecular formula is C10H11N3O3. The summed E-state index contributed by atoms with van der Waals surface area (Å²) in [5, 5.41) is 3.87. The molecule has 6 nitrogen and oxygen atoms in total. The maximum atomic E-state index is 10.4. The molecule has 0 atom stereocenters. The van der Waals surface area contributed by atoms with Crippen LogP contribution in [0.3, 0.4) is 0 Å². The van der Waals surface area contributed by atoms with E-state index < -0.39 is 0 Å². The quantitative estimate of drug-likeness (QED) is 0.701. The van der Waals surface area contributed by atoms with Crippen LogP contribution in [0.25, 0.3) is 0 Å². The minimum atomic E-state index is 0.399. The van der Waals surface area contributed by atoms with E-state index in [-0.39, 0.29) is 0 Å². The van der Waals surface area contributed by atoms with Gasteiger partial charge in [0.25, 0.3) is 0 Å². The van der Waals surface area contributed by atoms with E-state index in [1.807, 2.05) is 6.07 Å². The third-order valence-corrected chi connectivity index (χ3v) is 2.01. The first-order valence-corrected chi connectivity index (χ1v) is 4.72. The normalized spacial score (nSPS) is 10.6. The molecule has 0 aliphatic heterocycles. The fraction of sp³-hybridized carbons (Fsp3) is 0.300. The lowest BCUT2D eigenvalue weighted by Crippen LogP contribution is -1.96. The molecule has 0 radical (unpaired) electrons. The second-order valence-corrected chi connectivity index (χ2v) is 3.31. The Morgan fingerprint density at radius 1 is 1.62 bits per heavy atom. The molecule has 84 valence electrons. The molecule has 2 aromatic heterocycles. The van der Waals surface area contributed by atoms with E-state index in [4.69, 9.17) is 9.26 Å². The van der Waals surface area contributed by atoms with Crippen molar-refractivity contribution in [3.8, 4) is 0 Å². The monoisotopic (exact) mass is 221 g/mol. The van der Waals surface area contributed by atoms with Crippen molar-refractivity contribution < 1.29 is 14.1 Å². The van der Waals surface area contributed by atoms with Crippen LogP contribution in [0.15, 0.2) is 23.1 Å². The topological polar surface area (TPSA) is 70.2 Å². The summed E-state index contributed by atoms with van der Waals surface area (Å²) >= 11 is 0. The van der Waals surface area contributed by atoms with Gasteiger partial charge in [-0.1, -0.05) is 5.16 Å². The summed E-state index contributed by atoms with van der Waals surface area (Å²) in [6, 6.07) is 1.81. The Hall–Kier alpha value is -1.95. The van der Waals surface area contributed by atoms with Crippen LogP contribution in [0.1, 0.15) is 21.9 Å². The lowest BCUT2D eigenvalue weighted by molar-refractivity contribution is 0.111. The van der Waals surface area contributed by atoms with E-state index in [9.17, 15) is 4.79 Å². The van der Waals surface area contributed by atoms with Crippen LogP contribution in [0, 0.1) is 0 Å². The Morgan fingerprint density at radius 3 is 3.19 bits per heavy atom. The largest absolute Gasteiger partial charge is 0.377 e. The Kier molecular flexibility index (Phi) is 3.11. The molecule has 0 amide bonds. The average molecular weight is 221 g/mol. The molecule has 2 rings (SSSR count). The van der Waals surface area contributed by atoms with Crippen LogP contribution in [0.5, 0.6) is 0 Å². The third kappa shape index (κ3) is 2.34. The predicted octanol–water partition coefficient (Wildman–Crippen LogP) is 0.878. The van der Waals surface area contributed by atoms with E-state index in [0.29, 0.717) is 30.9 Å². The summed E-state index contributed by atoms with van der Waals surface area (Å²) in [6.45, 7) is 0.921. The molecule has 0 saturated carbocycles. The molecule has 0 bridgehead atoms. The van der Waals surface area contributed by atoms with Crippen molar-refractivity contribution in [1.29, 1.82) is 0 Å². The number of methoxy groups -OCH3 is 1. The summed E-state index contributed by atoms with van der Waals surface area (Å²) < 4.78 is 11.7. The molecule has 0 fully saturated rings. The van der Waals surface area contributed by atoms with Crippen LogP contribution in [-0.2, 0) is 17.9 Å². The Bertz CT molecular complexity index is 475. The summed E-state index contributed by atoms with van der Waals surface area (Å²) in [7, 11) is 1.59. The first kappa shape index (κ1) is 10.6. The second-order valence-electron chi connectivity index (χ2n) is 3.31. The Balaban J connectivity index is 2.05. The van der Waals surface area contributed by atoms with Gasteiger partial charge in [-0.05, 0) is 0 Å². The lowest BCUT2D eigenvalue weighted by Gasteiger charge is -1.94. The highest BCUT2D eigenvalue weighted by molar-refractivity contribution is 5.70. The standard InChI is InChI=1S/C10H11N3O3/c1-15-6-10-2-8(12-16-10)3-13-4-9(5-14)11-7-13/h2,4-5,7H,3,6H2,1H3. The Morgan fingerprint density at radius 2 is 2.50 bits per heavy atom. The molecular weight excluding hydrogens is 210 g/mol. The van der Waals surface area contributed by atoms with E-state index >= 15 is 0 Å².